The first-order valence-electron chi connectivity index (χ1n) is 5.70. The molecule has 8 heteroatoms. The fraction of sp³-hybridized carbons (Fsp3) is 0.0769. The van der Waals surface area contributed by atoms with E-state index in [0.29, 0.717) is 11.8 Å². The SMILES string of the molecule is Cc1cc(Oc2ccc([N+](=O)[O-])cc2F)c(C(=O)O)cn1. The van der Waals surface area contributed by atoms with E-state index in [4.69, 9.17) is 9.84 Å². The molecule has 0 saturated heterocycles. The molecule has 0 saturated carbocycles. The zero-order valence-electron chi connectivity index (χ0n) is 10.7. The van der Waals surface area contributed by atoms with Gasteiger partial charge < -0.3 is 9.84 Å². The van der Waals surface area contributed by atoms with Crippen molar-refractivity contribution in [2.45, 2.75) is 6.92 Å². The molecule has 0 radical (unpaired) electrons. The number of aromatic carboxylic acids is 1. The Morgan fingerprint density at radius 2 is 2.10 bits per heavy atom. The topological polar surface area (TPSA) is 103 Å². The predicted molar refractivity (Wildman–Crippen MR) is 69.1 cm³/mol. The third-order valence-corrected chi connectivity index (χ3v) is 2.58. The Kier molecular flexibility index (Phi) is 3.79. The molecule has 0 aliphatic carbocycles. The lowest BCUT2D eigenvalue weighted by atomic mass is 10.2. The van der Waals surface area contributed by atoms with Crippen LogP contribution in [-0.4, -0.2) is 21.0 Å². The number of aryl methyl sites for hydroxylation is 1. The summed E-state index contributed by atoms with van der Waals surface area (Å²) in [6.07, 6.45) is 1.09. The van der Waals surface area contributed by atoms with Gasteiger partial charge in [0.25, 0.3) is 5.69 Å². The number of carbonyl (C=O) groups is 1. The highest BCUT2D eigenvalue weighted by atomic mass is 19.1. The second-order valence-corrected chi connectivity index (χ2v) is 4.10. The summed E-state index contributed by atoms with van der Waals surface area (Å²) in [5.41, 5.74) is -0.181. The molecule has 0 spiro atoms. The average Bonchev–Trinajstić information content (AvgIpc) is 2.40. The molecule has 1 aromatic heterocycles. The first kappa shape index (κ1) is 14.4. The van der Waals surface area contributed by atoms with Crippen LogP contribution in [0.4, 0.5) is 10.1 Å². The van der Waals surface area contributed by atoms with Crippen molar-refractivity contribution in [3.05, 3.63) is 57.7 Å². The molecular formula is C13H9FN2O5. The lowest BCUT2D eigenvalue weighted by Gasteiger charge is -2.09. The molecule has 0 aliphatic heterocycles. The molecule has 108 valence electrons. The number of non-ortho nitro benzene ring substituents is 1. The van der Waals surface area contributed by atoms with Crippen LogP contribution in [0, 0.1) is 22.9 Å². The summed E-state index contributed by atoms with van der Waals surface area (Å²) in [6.45, 7) is 1.62. The average molecular weight is 292 g/mol. The Hall–Kier alpha value is -3.03. The maximum absolute atomic E-state index is 13.7. The molecule has 1 N–H and O–H groups in total. The summed E-state index contributed by atoms with van der Waals surface area (Å²) >= 11 is 0. The van der Waals surface area contributed by atoms with E-state index < -0.39 is 22.4 Å². The molecule has 2 rings (SSSR count). The summed E-state index contributed by atoms with van der Waals surface area (Å²) in [7, 11) is 0. The molecule has 0 bridgehead atoms. The highest BCUT2D eigenvalue weighted by Gasteiger charge is 2.17. The molecule has 0 aliphatic rings. The number of hydrogen-bond donors (Lipinski definition) is 1. The van der Waals surface area contributed by atoms with Crippen molar-refractivity contribution in [3.63, 3.8) is 0 Å². The van der Waals surface area contributed by atoms with Gasteiger partial charge in [-0.15, -0.1) is 0 Å². The van der Waals surface area contributed by atoms with Gasteiger partial charge in [0.2, 0.25) is 0 Å². The maximum Gasteiger partial charge on any atom is 0.341 e. The molecule has 2 aromatic rings. The van der Waals surface area contributed by atoms with Crippen molar-refractivity contribution in [1.29, 1.82) is 0 Å². The zero-order chi connectivity index (χ0) is 15.6. The highest BCUT2D eigenvalue weighted by molar-refractivity contribution is 5.90. The number of hydrogen-bond acceptors (Lipinski definition) is 5. The first-order valence-corrected chi connectivity index (χ1v) is 5.70. The minimum atomic E-state index is -1.28. The summed E-state index contributed by atoms with van der Waals surface area (Å²) in [5.74, 6) is -2.65. The van der Waals surface area contributed by atoms with Gasteiger partial charge in [-0.3, -0.25) is 15.1 Å². The normalized spacial score (nSPS) is 10.2. The van der Waals surface area contributed by atoms with Crippen LogP contribution in [0.2, 0.25) is 0 Å². The number of rotatable bonds is 4. The monoisotopic (exact) mass is 292 g/mol. The standard InChI is InChI=1S/C13H9FN2O5/c1-7-4-12(9(6-15-7)13(17)18)21-11-3-2-8(16(19)20)5-10(11)14/h2-6H,1H3,(H,17,18). The molecule has 21 heavy (non-hydrogen) atoms. The van der Waals surface area contributed by atoms with Crippen LogP contribution < -0.4 is 4.74 Å². The van der Waals surface area contributed by atoms with Crippen LogP contribution in [0.25, 0.3) is 0 Å². The molecule has 1 aromatic carbocycles. The van der Waals surface area contributed by atoms with Gasteiger partial charge in [0.1, 0.15) is 11.3 Å². The van der Waals surface area contributed by atoms with Crippen molar-refractivity contribution < 1.29 is 24.0 Å². The summed E-state index contributed by atoms with van der Waals surface area (Å²) in [4.78, 5) is 24.6. The van der Waals surface area contributed by atoms with Gasteiger partial charge in [0.05, 0.1) is 11.0 Å². The molecule has 1 heterocycles. The van der Waals surface area contributed by atoms with Gasteiger partial charge in [0.15, 0.2) is 11.6 Å². The van der Waals surface area contributed by atoms with Crippen molar-refractivity contribution in [1.82, 2.24) is 4.98 Å². The fourth-order valence-corrected chi connectivity index (χ4v) is 1.58. The van der Waals surface area contributed by atoms with Crippen molar-refractivity contribution in [2.75, 3.05) is 0 Å². The van der Waals surface area contributed by atoms with E-state index in [0.717, 1.165) is 18.3 Å². The van der Waals surface area contributed by atoms with Crippen molar-refractivity contribution in [2.24, 2.45) is 0 Å². The van der Waals surface area contributed by atoms with Gasteiger partial charge in [-0.1, -0.05) is 0 Å². The van der Waals surface area contributed by atoms with E-state index >= 15 is 0 Å². The van der Waals surface area contributed by atoms with Crippen molar-refractivity contribution in [3.8, 4) is 11.5 Å². The van der Waals surface area contributed by atoms with Crippen LogP contribution in [-0.2, 0) is 0 Å². The Morgan fingerprint density at radius 3 is 2.67 bits per heavy atom. The van der Waals surface area contributed by atoms with Crippen LogP contribution in [0.15, 0.2) is 30.5 Å². The second-order valence-electron chi connectivity index (χ2n) is 4.10. The van der Waals surface area contributed by atoms with E-state index in [2.05, 4.69) is 4.98 Å². The van der Waals surface area contributed by atoms with E-state index in [1.807, 2.05) is 0 Å². The smallest absolute Gasteiger partial charge is 0.341 e. The first-order chi connectivity index (χ1) is 9.88. The number of ether oxygens (including phenoxy) is 1. The largest absolute Gasteiger partial charge is 0.477 e. The van der Waals surface area contributed by atoms with Gasteiger partial charge in [-0.05, 0) is 13.0 Å². The number of halogens is 1. The summed E-state index contributed by atoms with van der Waals surface area (Å²) in [5, 5.41) is 19.5. The molecular weight excluding hydrogens is 283 g/mol. The second kappa shape index (κ2) is 5.53. The van der Waals surface area contributed by atoms with Crippen LogP contribution in [0.3, 0.4) is 0 Å². The summed E-state index contributed by atoms with van der Waals surface area (Å²) < 4.78 is 18.9. The van der Waals surface area contributed by atoms with Gasteiger partial charge in [0, 0.05) is 24.0 Å². The predicted octanol–water partition coefficient (Wildman–Crippen LogP) is 2.93. The maximum atomic E-state index is 13.7. The third kappa shape index (κ3) is 3.11. The molecule has 0 fully saturated rings. The van der Waals surface area contributed by atoms with E-state index in [-0.39, 0.29) is 17.1 Å². The van der Waals surface area contributed by atoms with Crippen LogP contribution in [0.1, 0.15) is 16.1 Å². The quantitative estimate of drug-likeness (QED) is 0.686. The number of aromatic nitrogens is 1. The number of carboxylic acid groups (broad SMARTS) is 1. The van der Waals surface area contributed by atoms with E-state index in [1.54, 1.807) is 6.92 Å². The summed E-state index contributed by atoms with van der Waals surface area (Å²) in [6, 6.07) is 4.16. The van der Waals surface area contributed by atoms with Gasteiger partial charge in [-0.25, -0.2) is 9.18 Å². The Bertz CT molecular complexity index is 732. The Labute approximate surface area is 117 Å². The number of benzene rings is 1. The highest BCUT2D eigenvalue weighted by Crippen LogP contribution is 2.29. The van der Waals surface area contributed by atoms with Crippen LogP contribution in [0.5, 0.6) is 11.5 Å². The zero-order valence-corrected chi connectivity index (χ0v) is 10.7. The number of pyridine rings is 1. The number of nitro groups is 1. The Balaban J connectivity index is 2.40. The molecule has 0 atom stereocenters. The Morgan fingerprint density at radius 1 is 1.38 bits per heavy atom. The minimum absolute atomic E-state index is 0.0947. The number of nitro benzene ring substituents is 1. The lowest BCUT2D eigenvalue weighted by Crippen LogP contribution is -2.02. The fourth-order valence-electron chi connectivity index (χ4n) is 1.58. The minimum Gasteiger partial charge on any atom is -0.477 e. The number of carboxylic acids is 1. The molecule has 7 nitrogen and oxygen atoms in total. The van der Waals surface area contributed by atoms with Crippen molar-refractivity contribution >= 4 is 11.7 Å². The third-order valence-electron chi connectivity index (χ3n) is 2.58. The van der Waals surface area contributed by atoms with E-state index in [1.165, 1.54) is 6.07 Å². The van der Waals surface area contributed by atoms with Gasteiger partial charge in [-0.2, -0.15) is 0 Å². The van der Waals surface area contributed by atoms with E-state index in [9.17, 15) is 19.3 Å². The lowest BCUT2D eigenvalue weighted by molar-refractivity contribution is -0.385. The molecule has 0 unspecified atom stereocenters. The van der Waals surface area contributed by atoms with Gasteiger partial charge >= 0.3 is 5.97 Å². The van der Waals surface area contributed by atoms with Crippen LogP contribution >= 0.6 is 0 Å². The number of nitrogens with zero attached hydrogens (tertiary/aromatic N) is 2. The molecule has 0 amide bonds.